The molecule has 0 aromatic carbocycles. The molecule has 0 bridgehead atoms. The van der Waals surface area contributed by atoms with Gasteiger partial charge in [0.25, 0.3) is 0 Å². The number of nitrogens with two attached hydrogens (primary N) is 1. The summed E-state index contributed by atoms with van der Waals surface area (Å²) < 4.78 is 5.48. The van der Waals surface area contributed by atoms with E-state index in [0.717, 1.165) is 0 Å². The summed E-state index contributed by atoms with van der Waals surface area (Å²) in [6.07, 6.45) is 0. The van der Waals surface area contributed by atoms with Gasteiger partial charge in [-0.1, -0.05) is 13.8 Å². The number of hydrogen-bond donors (Lipinski definition) is 1. The fourth-order valence-electron chi connectivity index (χ4n) is 0.399. The van der Waals surface area contributed by atoms with Crippen LogP contribution in [0.15, 0.2) is 0 Å². The molecular formula is C8H18NO. The van der Waals surface area contributed by atoms with E-state index < -0.39 is 0 Å². The molecule has 61 valence electrons. The highest BCUT2D eigenvalue weighted by Gasteiger charge is 2.15. The van der Waals surface area contributed by atoms with Crippen LogP contribution in [0.5, 0.6) is 0 Å². The van der Waals surface area contributed by atoms with Crippen LogP contribution in [0.1, 0.15) is 27.7 Å². The number of rotatable bonds is 4. The zero-order chi connectivity index (χ0) is 8.20. The summed E-state index contributed by atoms with van der Waals surface area (Å²) in [6.45, 7) is 9.37. The Balaban J connectivity index is 3.46. The van der Waals surface area contributed by atoms with Crippen molar-refractivity contribution >= 4 is 0 Å². The minimum absolute atomic E-state index is 0.169. The Morgan fingerprint density at radius 3 is 2.20 bits per heavy atom. The van der Waals surface area contributed by atoms with Crippen molar-refractivity contribution in [3.8, 4) is 0 Å². The molecule has 0 aromatic rings. The van der Waals surface area contributed by atoms with Crippen LogP contribution in [0.25, 0.3) is 0 Å². The second-order valence-corrected chi connectivity index (χ2v) is 3.46. The van der Waals surface area contributed by atoms with Crippen molar-refractivity contribution in [2.75, 3.05) is 13.2 Å². The molecule has 0 amide bonds. The van der Waals surface area contributed by atoms with Crippen LogP contribution in [-0.4, -0.2) is 18.8 Å². The van der Waals surface area contributed by atoms with Gasteiger partial charge in [-0.2, -0.15) is 0 Å². The van der Waals surface area contributed by atoms with Crippen molar-refractivity contribution in [3.63, 3.8) is 0 Å². The van der Waals surface area contributed by atoms with Gasteiger partial charge in [0, 0.05) is 6.54 Å². The SMILES string of the molecule is C[C](C)COC(C)(C)CN. The van der Waals surface area contributed by atoms with Gasteiger partial charge in [0.15, 0.2) is 0 Å². The third-order valence-corrected chi connectivity index (χ3v) is 1.24. The van der Waals surface area contributed by atoms with Gasteiger partial charge in [-0.3, -0.25) is 0 Å². The topological polar surface area (TPSA) is 35.2 Å². The second-order valence-electron chi connectivity index (χ2n) is 3.46. The van der Waals surface area contributed by atoms with Crippen LogP contribution in [-0.2, 0) is 4.74 Å². The lowest BCUT2D eigenvalue weighted by Crippen LogP contribution is -2.34. The van der Waals surface area contributed by atoms with Crippen molar-refractivity contribution in [3.05, 3.63) is 5.92 Å². The maximum absolute atomic E-state index is 5.48. The van der Waals surface area contributed by atoms with Gasteiger partial charge in [0.05, 0.1) is 12.2 Å². The fourth-order valence-corrected chi connectivity index (χ4v) is 0.399. The van der Waals surface area contributed by atoms with Crippen LogP contribution in [0.4, 0.5) is 0 Å². The third kappa shape index (κ3) is 4.77. The summed E-state index contributed by atoms with van der Waals surface area (Å²) in [5.74, 6) is 1.28. The summed E-state index contributed by atoms with van der Waals surface area (Å²) >= 11 is 0. The van der Waals surface area contributed by atoms with Crippen LogP contribution >= 0.6 is 0 Å². The van der Waals surface area contributed by atoms with E-state index in [4.69, 9.17) is 10.5 Å². The first-order valence-electron chi connectivity index (χ1n) is 3.61. The Labute approximate surface area is 63.7 Å². The van der Waals surface area contributed by atoms with Crippen molar-refractivity contribution < 1.29 is 4.74 Å². The molecule has 2 nitrogen and oxygen atoms in total. The standard InChI is InChI=1S/C8H18NO/c1-7(2)5-10-8(3,4)6-9/h5-6,9H2,1-4H3. The Hall–Kier alpha value is -0.0800. The lowest BCUT2D eigenvalue weighted by molar-refractivity contribution is -0.00348. The van der Waals surface area contributed by atoms with E-state index in [2.05, 4.69) is 0 Å². The van der Waals surface area contributed by atoms with Crippen LogP contribution in [0, 0.1) is 5.92 Å². The number of hydrogen-bond acceptors (Lipinski definition) is 2. The molecule has 0 saturated carbocycles. The van der Waals surface area contributed by atoms with Crippen molar-refractivity contribution in [2.45, 2.75) is 33.3 Å². The second kappa shape index (κ2) is 3.94. The van der Waals surface area contributed by atoms with Crippen LogP contribution < -0.4 is 5.73 Å². The zero-order valence-electron chi connectivity index (χ0n) is 7.40. The number of ether oxygens (including phenoxy) is 1. The zero-order valence-corrected chi connectivity index (χ0v) is 7.40. The largest absolute Gasteiger partial charge is 0.374 e. The van der Waals surface area contributed by atoms with Crippen molar-refractivity contribution in [2.24, 2.45) is 5.73 Å². The summed E-state index contributed by atoms with van der Waals surface area (Å²) in [6, 6.07) is 0. The van der Waals surface area contributed by atoms with E-state index in [0.29, 0.717) is 13.2 Å². The Morgan fingerprint density at radius 1 is 1.40 bits per heavy atom. The van der Waals surface area contributed by atoms with E-state index in [1.54, 1.807) is 0 Å². The minimum atomic E-state index is -0.169. The molecule has 0 aromatic heterocycles. The van der Waals surface area contributed by atoms with Gasteiger partial charge in [-0.15, -0.1) is 0 Å². The van der Waals surface area contributed by atoms with Crippen LogP contribution in [0.3, 0.4) is 0 Å². The van der Waals surface area contributed by atoms with Crippen molar-refractivity contribution in [1.82, 2.24) is 0 Å². The average Bonchev–Trinajstić information content (AvgIpc) is 1.85. The van der Waals surface area contributed by atoms with E-state index in [-0.39, 0.29) is 5.60 Å². The average molecular weight is 144 g/mol. The van der Waals surface area contributed by atoms with Crippen molar-refractivity contribution in [1.29, 1.82) is 0 Å². The minimum Gasteiger partial charge on any atom is -0.374 e. The molecule has 0 spiro atoms. The molecule has 0 atom stereocenters. The van der Waals surface area contributed by atoms with Gasteiger partial charge >= 0.3 is 0 Å². The van der Waals surface area contributed by atoms with E-state index in [1.807, 2.05) is 27.7 Å². The Morgan fingerprint density at radius 2 is 1.90 bits per heavy atom. The Bertz CT molecular complexity index is 89.3. The highest BCUT2D eigenvalue weighted by atomic mass is 16.5. The van der Waals surface area contributed by atoms with Gasteiger partial charge in [0.1, 0.15) is 0 Å². The first-order chi connectivity index (χ1) is 4.48. The highest BCUT2D eigenvalue weighted by Crippen LogP contribution is 2.09. The molecule has 0 rings (SSSR count). The summed E-state index contributed by atoms with van der Waals surface area (Å²) in [4.78, 5) is 0. The van der Waals surface area contributed by atoms with Gasteiger partial charge in [0.2, 0.25) is 0 Å². The summed E-state index contributed by atoms with van der Waals surface area (Å²) in [7, 11) is 0. The Kier molecular flexibility index (Phi) is 3.91. The molecule has 10 heavy (non-hydrogen) atoms. The summed E-state index contributed by atoms with van der Waals surface area (Å²) in [5.41, 5.74) is 5.29. The normalized spacial score (nSPS) is 12.6. The first-order valence-corrected chi connectivity index (χ1v) is 3.61. The van der Waals surface area contributed by atoms with E-state index in [9.17, 15) is 0 Å². The first kappa shape index (κ1) is 9.92. The highest BCUT2D eigenvalue weighted by molar-refractivity contribution is 4.79. The fraction of sp³-hybridized carbons (Fsp3) is 0.875. The lowest BCUT2D eigenvalue weighted by atomic mass is 10.1. The predicted octanol–water partition coefficient (Wildman–Crippen LogP) is 1.35. The molecule has 0 aliphatic rings. The maximum atomic E-state index is 5.48. The molecule has 2 heteroatoms. The third-order valence-electron chi connectivity index (χ3n) is 1.24. The quantitative estimate of drug-likeness (QED) is 0.646. The molecule has 0 unspecified atom stereocenters. The molecule has 2 N–H and O–H groups in total. The van der Waals surface area contributed by atoms with Crippen LogP contribution in [0.2, 0.25) is 0 Å². The molecule has 0 heterocycles. The predicted molar refractivity (Wildman–Crippen MR) is 43.7 cm³/mol. The van der Waals surface area contributed by atoms with Gasteiger partial charge in [-0.25, -0.2) is 0 Å². The molecule has 0 aliphatic carbocycles. The molecule has 0 saturated heterocycles. The van der Waals surface area contributed by atoms with Gasteiger partial charge in [-0.05, 0) is 19.8 Å². The monoisotopic (exact) mass is 144 g/mol. The van der Waals surface area contributed by atoms with Gasteiger partial charge < -0.3 is 10.5 Å². The molecule has 1 radical (unpaired) electrons. The summed E-state index contributed by atoms with van der Waals surface area (Å²) in [5, 5.41) is 0. The lowest BCUT2D eigenvalue weighted by Gasteiger charge is -2.24. The maximum Gasteiger partial charge on any atom is 0.0748 e. The van der Waals surface area contributed by atoms with E-state index >= 15 is 0 Å². The van der Waals surface area contributed by atoms with E-state index in [1.165, 1.54) is 5.92 Å². The molecule has 0 aliphatic heterocycles. The smallest absolute Gasteiger partial charge is 0.0748 e. The molecular weight excluding hydrogens is 126 g/mol. The molecule has 0 fully saturated rings.